The summed E-state index contributed by atoms with van der Waals surface area (Å²) in [5.74, 6) is -2.02. The lowest BCUT2D eigenvalue weighted by atomic mass is 9.88. The Labute approximate surface area is 108 Å². The molecule has 100 valence electrons. The van der Waals surface area contributed by atoms with Crippen molar-refractivity contribution in [1.29, 1.82) is 0 Å². The van der Waals surface area contributed by atoms with Crippen molar-refractivity contribution in [1.82, 2.24) is 15.0 Å². The zero-order valence-corrected chi connectivity index (χ0v) is 10.8. The van der Waals surface area contributed by atoms with Crippen molar-refractivity contribution >= 4 is 23.5 Å². The van der Waals surface area contributed by atoms with Gasteiger partial charge in [0.05, 0.1) is 0 Å². The molecule has 0 aromatic carbocycles. The van der Waals surface area contributed by atoms with Gasteiger partial charge in [-0.25, -0.2) is 8.78 Å². The van der Waals surface area contributed by atoms with Gasteiger partial charge >= 0.3 is 0 Å². The van der Waals surface area contributed by atoms with Gasteiger partial charge in [-0.2, -0.15) is 15.0 Å². The number of anilines is 2. The van der Waals surface area contributed by atoms with Crippen LogP contribution in [0.2, 0.25) is 5.28 Å². The molecule has 1 saturated carbocycles. The van der Waals surface area contributed by atoms with Crippen LogP contribution in [0.1, 0.15) is 26.7 Å². The van der Waals surface area contributed by atoms with E-state index >= 15 is 0 Å². The monoisotopic (exact) mass is 277 g/mol. The topological polar surface area (TPSA) is 62.7 Å². The predicted molar refractivity (Wildman–Crippen MR) is 65.2 cm³/mol. The van der Waals surface area contributed by atoms with E-state index in [2.05, 4.69) is 25.6 Å². The lowest BCUT2D eigenvalue weighted by Crippen LogP contribution is -2.44. The smallest absolute Gasteiger partial charge is 0.252 e. The molecule has 0 aliphatic heterocycles. The molecule has 1 aromatic heterocycles. The molecule has 0 bridgehead atoms. The highest BCUT2D eigenvalue weighted by molar-refractivity contribution is 6.28. The number of hydrogen-bond acceptors (Lipinski definition) is 5. The van der Waals surface area contributed by atoms with Crippen LogP contribution in [-0.2, 0) is 0 Å². The summed E-state index contributed by atoms with van der Waals surface area (Å²) < 4.78 is 25.4. The molecule has 1 aliphatic rings. The summed E-state index contributed by atoms with van der Waals surface area (Å²) in [6.07, 6.45) is -0.410. The molecule has 5 nitrogen and oxygen atoms in total. The van der Waals surface area contributed by atoms with Crippen LogP contribution in [0.25, 0.3) is 0 Å². The van der Waals surface area contributed by atoms with Gasteiger partial charge in [-0.05, 0) is 25.4 Å². The number of halogens is 3. The van der Waals surface area contributed by atoms with Crippen molar-refractivity contribution in [3.8, 4) is 0 Å². The number of alkyl halides is 2. The maximum absolute atomic E-state index is 12.7. The van der Waals surface area contributed by atoms with E-state index in [0.29, 0.717) is 5.95 Å². The Balaban J connectivity index is 2.02. The Morgan fingerprint density at radius 3 is 2.39 bits per heavy atom. The second kappa shape index (κ2) is 4.79. The van der Waals surface area contributed by atoms with Crippen LogP contribution in [0.3, 0.4) is 0 Å². The summed E-state index contributed by atoms with van der Waals surface area (Å²) in [7, 11) is 0. The minimum atomic E-state index is -2.58. The molecule has 0 amide bonds. The second-order valence-electron chi connectivity index (χ2n) is 4.66. The van der Waals surface area contributed by atoms with E-state index in [-0.39, 0.29) is 36.2 Å². The number of nitrogens with one attached hydrogen (secondary N) is 2. The van der Waals surface area contributed by atoms with E-state index in [4.69, 9.17) is 11.6 Å². The van der Waals surface area contributed by atoms with Crippen LogP contribution >= 0.6 is 11.6 Å². The lowest BCUT2D eigenvalue weighted by molar-refractivity contribution is -0.0794. The highest BCUT2D eigenvalue weighted by Crippen LogP contribution is 2.38. The number of rotatable bonds is 4. The quantitative estimate of drug-likeness (QED) is 0.886. The third-order valence-electron chi connectivity index (χ3n) is 2.45. The third kappa shape index (κ3) is 3.38. The molecule has 0 unspecified atom stereocenters. The first kappa shape index (κ1) is 13.2. The van der Waals surface area contributed by atoms with Crippen LogP contribution in [0.4, 0.5) is 20.7 Å². The molecule has 0 radical (unpaired) electrons. The molecule has 8 heteroatoms. The first-order valence-electron chi connectivity index (χ1n) is 5.66. The van der Waals surface area contributed by atoms with E-state index < -0.39 is 5.92 Å². The van der Waals surface area contributed by atoms with Crippen LogP contribution in [0, 0.1) is 0 Å². The Morgan fingerprint density at radius 2 is 1.83 bits per heavy atom. The number of nitrogens with zero attached hydrogens (tertiary/aromatic N) is 3. The molecule has 2 rings (SSSR count). The van der Waals surface area contributed by atoms with Gasteiger partial charge in [0.1, 0.15) is 0 Å². The zero-order valence-electron chi connectivity index (χ0n) is 10.0. The van der Waals surface area contributed by atoms with Gasteiger partial charge in [-0.3, -0.25) is 0 Å². The Morgan fingerprint density at radius 1 is 1.22 bits per heavy atom. The average molecular weight is 278 g/mol. The van der Waals surface area contributed by atoms with Crippen LogP contribution in [-0.4, -0.2) is 33.0 Å². The second-order valence-corrected chi connectivity index (χ2v) is 4.99. The predicted octanol–water partition coefficient (Wildman–Crippen LogP) is 2.55. The molecule has 0 saturated heterocycles. The molecule has 1 aliphatic carbocycles. The Bertz CT molecular complexity index is 432. The first-order chi connectivity index (χ1) is 8.34. The number of hydrogen-bond donors (Lipinski definition) is 2. The van der Waals surface area contributed by atoms with Gasteiger partial charge in [0, 0.05) is 24.9 Å². The van der Waals surface area contributed by atoms with E-state index in [1.54, 1.807) is 0 Å². The van der Waals surface area contributed by atoms with Crippen molar-refractivity contribution in [2.45, 2.75) is 44.7 Å². The van der Waals surface area contributed by atoms with Crippen LogP contribution in [0.15, 0.2) is 0 Å². The van der Waals surface area contributed by atoms with Gasteiger partial charge < -0.3 is 10.6 Å². The Kier molecular flexibility index (Phi) is 3.52. The average Bonchev–Trinajstić information content (AvgIpc) is 2.11. The first-order valence-corrected chi connectivity index (χ1v) is 6.04. The van der Waals surface area contributed by atoms with Crippen LogP contribution in [0.5, 0.6) is 0 Å². The fourth-order valence-corrected chi connectivity index (χ4v) is 1.84. The summed E-state index contributed by atoms with van der Waals surface area (Å²) in [6.45, 7) is 3.86. The molecule has 1 fully saturated rings. The standard InChI is InChI=1S/C10H14ClF2N5/c1-5(2)14-8-16-7(11)17-9(18-8)15-6-3-10(12,13)4-6/h5-6H,3-4H2,1-2H3,(H2,14,15,16,17,18). The van der Waals surface area contributed by atoms with Crippen molar-refractivity contribution in [2.24, 2.45) is 0 Å². The van der Waals surface area contributed by atoms with Gasteiger partial charge in [0.15, 0.2) is 0 Å². The molecule has 18 heavy (non-hydrogen) atoms. The van der Waals surface area contributed by atoms with E-state index in [1.807, 2.05) is 13.8 Å². The molecule has 1 heterocycles. The lowest BCUT2D eigenvalue weighted by Gasteiger charge is -2.35. The zero-order chi connectivity index (χ0) is 13.3. The summed E-state index contributed by atoms with van der Waals surface area (Å²) in [5.41, 5.74) is 0. The van der Waals surface area contributed by atoms with Crippen molar-refractivity contribution in [2.75, 3.05) is 10.6 Å². The molecule has 0 atom stereocenters. The minimum Gasteiger partial charge on any atom is -0.352 e. The maximum Gasteiger partial charge on any atom is 0.252 e. The summed E-state index contributed by atoms with van der Waals surface area (Å²) >= 11 is 5.74. The fraction of sp³-hybridized carbons (Fsp3) is 0.700. The van der Waals surface area contributed by atoms with Gasteiger partial charge in [-0.15, -0.1) is 0 Å². The van der Waals surface area contributed by atoms with Crippen LogP contribution < -0.4 is 10.6 Å². The third-order valence-corrected chi connectivity index (χ3v) is 2.62. The van der Waals surface area contributed by atoms with E-state index in [1.165, 1.54) is 0 Å². The SMILES string of the molecule is CC(C)Nc1nc(Cl)nc(NC2CC(F)(F)C2)n1. The van der Waals surface area contributed by atoms with E-state index in [0.717, 1.165) is 0 Å². The van der Waals surface area contributed by atoms with Gasteiger partial charge in [-0.1, -0.05) is 0 Å². The summed E-state index contributed by atoms with van der Waals surface area (Å²) in [6, 6.07) is -0.172. The molecular formula is C10H14ClF2N5. The highest BCUT2D eigenvalue weighted by atomic mass is 35.5. The summed E-state index contributed by atoms with van der Waals surface area (Å²) in [5, 5.41) is 5.83. The maximum atomic E-state index is 12.7. The fourth-order valence-electron chi connectivity index (χ4n) is 1.68. The van der Waals surface area contributed by atoms with Gasteiger partial charge in [0.2, 0.25) is 17.2 Å². The molecule has 1 aromatic rings. The van der Waals surface area contributed by atoms with Crippen molar-refractivity contribution in [3.63, 3.8) is 0 Å². The highest BCUT2D eigenvalue weighted by Gasteiger charge is 2.45. The largest absolute Gasteiger partial charge is 0.352 e. The van der Waals surface area contributed by atoms with Crippen molar-refractivity contribution < 1.29 is 8.78 Å². The molecule has 2 N–H and O–H groups in total. The molecular weight excluding hydrogens is 264 g/mol. The van der Waals surface area contributed by atoms with E-state index in [9.17, 15) is 8.78 Å². The Hall–Kier alpha value is -1.24. The normalized spacial score (nSPS) is 18.6. The molecule has 0 spiro atoms. The number of aromatic nitrogens is 3. The summed E-state index contributed by atoms with van der Waals surface area (Å²) in [4.78, 5) is 11.8. The van der Waals surface area contributed by atoms with Gasteiger partial charge in [0.25, 0.3) is 5.92 Å². The minimum absolute atomic E-state index is 0.0294. The van der Waals surface area contributed by atoms with Crippen molar-refractivity contribution in [3.05, 3.63) is 5.28 Å².